The van der Waals surface area contributed by atoms with E-state index in [1.165, 1.54) is 0 Å². The molecule has 4 rings (SSSR count). The first kappa shape index (κ1) is 17.8. The molecule has 2 heterocycles. The lowest BCUT2D eigenvalue weighted by atomic mass is 10.2. The molecule has 2 aromatic carbocycles. The summed E-state index contributed by atoms with van der Waals surface area (Å²) >= 11 is 12.1. The number of para-hydroxylation sites is 2. The third-order valence-corrected chi connectivity index (χ3v) is 4.90. The Morgan fingerprint density at radius 3 is 2.52 bits per heavy atom. The Kier molecular flexibility index (Phi) is 4.76. The van der Waals surface area contributed by atoms with Crippen LogP contribution in [0.15, 0.2) is 42.5 Å². The Hall–Kier alpha value is -2.57. The van der Waals surface area contributed by atoms with Crippen molar-refractivity contribution >= 4 is 51.8 Å². The third kappa shape index (κ3) is 3.50. The number of carbonyl (C=O) groups is 1. The molecule has 1 aromatic heterocycles. The second-order valence-electron chi connectivity index (χ2n) is 6.19. The van der Waals surface area contributed by atoms with Gasteiger partial charge in [-0.25, -0.2) is 9.97 Å². The number of aromatic nitrogens is 2. The molecule has 0 unspecified atom stereocenters. The number of amides is 1. The highest BCUT2D eigenvalue weighted by Gasteiger charge is 2.28. The number of hydrogen-bond acceptors (Lipinski definition) is 5. The average molecular weight is 403 g/mol. The molecule has 138 valence electrons. The molecule has 1 aliphatic rings. The highest BCUT2D eigenvalue weighted by atomic mass is 35.5. The maximum atomic E-state index is 12.8. The Labute approximate surface area is 166 Å². The van der Waals surface area contributed by atoms with Crippen LogP contribution in [0.2, 0.25) is 10.0 Å². The zero-order valence-corrected chi connectivity index (χ0v) is 16.0. The van der Waals surface area contributed by atoms with Gasteiger partial charge in [0.15, 0.2) is 18.2 Å². The summed E-state index contributed by atoms with van der Waals surface area (Å²) in [5.41, 5.74) is 1.53. The number of hydrogen-bond donors (Lipinski definition) is 0. The van der Waals surface area contributed by atoms with E-state index < -0.39 is 0 Å². The van der Waals surface area contributed by atoms with Gasteiger partial charge in [-0.1, -0.05) is 35.3 Å². The first-order valence-electron chi connectivity index (χ1n) is 8.39. The largest absolute Gasteiger partial charge is 0.482 e. The SMILES string of the molecule is CN1CCN(C(=O)COc2cc(Cl)ccc2Cl)c2nc3ccccc3nc21. The van der Waals surface area contributed by atoms with Crippen LogP contribution >= 0.6 is 23.2 Å². The maximum absolute atomic E-state index is 12.8. The highest BCUT2D eigenvalue weighted by molar-refractivity contribution is 6.34. The topological polar surface area (TPSA) is 58.6 Å². The molecule has 6 nitrogen and oxygen atoms in total. The normalized spacial score (nSPS) is 13.6. The van der Waals surface area contributed by atoms with Gasteiger partial charge in [0.1, 0.15) is 5.75 Å². The first-order valence-corrected chi connectivity index (χ1v) is 9.14. The van der Waals surface area contributed by atoms with Crippen LogP contribution < -0.4 is 14.5 Å². The standard InChI is InChI=1S/C19H16Cl2N4O2/c1-24-8-9-25(17(26)11-27-16-10-12(20)6-7-13(16)21)19-18(24)22-14-4-2-3-5-15(14)23-19/h2-7,10H,8-9,11H2,1H3. The molecule has 0 spiro atoms. The minimum atomic E-state index is -0.218. The molecule has 0 radical (unpaired) electrons. The minimum Gasteiger partial charge on any atom is -0.482 e. The summed E-state index contributed by atoms with van der Waals surface area (Å²) in [7, 11) is 1.94. The van der Waals surface area contributed by atoms with Crippen LogP contribution in [0.5, 0.6) is 5.75 Å². The smallest absolute Gasteiger partial charge is 0.266 e. The van der Waals surface area contributed by atoms with Gasteiger partial charge in [-0.15, -0.1) is 0 Å². The van der Waals surface area contributed by atoms with Gasteiger partial charge in [0, 0.05) is 31.2 Å². The number of nitrogens with zero attached hydrogens (tertiary/aromatic N) is 4. The van der Waals surface area contributed by atoms with E-state index in [1.807, 2.05) is 36.2 Å². The number of likely N-dealkylation sites (N-methyl/N-ethyl adjacent to an activating group) is 1. The van der Waals surface area contributed by atoms with Gasteiger partial charge in [0.2, 0.25) is 0 Å². The van der Waals surface area contributed by atoms with E-state index in [4.69, 9.17) is 27.9 Å². The van der Waals surface area contributed by atoms with Crippen LogP contribution in [0, 0.1) is 0 Å². The van der Waals surface area contributed by atoms with Crippen molar-refractivity contribution in [1.82, 2.24) is 9.97 Å². The number of carbonyl (C=O) groups excluding carboxylic acids is 1. The van der Waals surface area contributed by atoms with E-state index in [0.717, 1.165) is 11.0 Å². The predicted octanol–water partition coefficient (Wildman–Crippen LogP) is 3.80. The molecule has 0 aliphatic carbocycles. The van der Waals surface area contributed by atoms with Crippen LogP contribution in [-0.2, 0) is 4.79 Å². The van der Waals surface area contributed by atoms with Crippen LogP contribution in [0.25, 0.3) is 11.0 Å². The van der Waals surface area contributed by atoms with Crippen molar-refractivity contribution in [1.29, 1.82) is 0 Å². The average Bonchev–Trinajstić information content (AvgIpc) is 2.67. The molecule has 0 saturated carbocycles. The first-order chi connectivity index (χ1) is 13.0. The van der Waals surface area contributed by atoms with E-state index in [1.54, 1.807) is 23.1 Å². The highest BCUT2D eigenvalue weighted by Crippen LogP contribution is 2.31. The summed E-state index contributed by atoms with van der Waals surface area (Å²) < 4.78 is 5.59. The van der Waals surface area contributed by atoms with Gasteiger partial charge in [0.05, 0.1) is 16.1 Å². The number of ether oxygens (including phenoxy) is 1. The Morgan fingerprint density at radius 1 is 1.07 bits per heavy atom. The summed E-state index contributed by atoms with van der Waals surface area (Å²) in [6.07, 6.45) is 0. The molecule has 0 atom stereocenters. The quantitative estimate of drug-likeness (QED) is 0.666. The van der Waals surface area contributed by atoms with Crippen LogP contribution in [-0.4, -0.2) is 42.6 Å². The van der Waals surface area contributed by atoms with E-state index >= 15 is 0 Å². The zero-order chi connectivity index (χ0) is 19.0. The lowest BCUT2D eigenvalue weighted by Crippen LogP contribution is -2.45. The fraction of sp³-hybridized carbons (Fsp3) is 0.211. The monoisotopic (exact) mass is 402 g/mol. The molecule has 0 N–H and O–H groups in total. The molecule has 0 fully saturated rings. The van der Waals surface area contributed by atoms with Crippen LogP contribution in [0.4, 0.5) is 11.6 Å². The van der Waals surface area contributed by atoms with Crippen molar-refractivity contribution < 1.29 is 9.53 Å². The van der Waals surface area contributed by atoms with Crippen LogP contribution in [0.1, 0.15) is 0 Å². The Bertz CT molecular complexity index is 1030. The van der Waals surface area contributed by atoms with Crippen molar-refractivity contribution in [2.24, 2.45) is 0 Å². The second kappa shape index (κ2) is 7.21. The molecule has 1 aliphatic heterocycles. The van der Waals surface area contributed by atoms with Gasteiger partial charge in [0.25, 0.3) is 5.91 Å². The number of rotatable bonds is 3. The lowest BCUT2D eigenvalue weighted by molar-refractivity contribution is -0.120. The van der Waals surface area contributed by atoms with E-state index in [0.29, 0.717) is 40.5 Å². The fourth-order valence-corrected chi connectivity index (χ4v) is 3.26. The molecule has 27 heavy (non-hydrogen) atoms. The minimum absolute atomic E-state index is 0.169. The van der Waals surface area contributed by atoms with Gasteiger partial charge in [-0.2, -0.15) is 0 Å². The van der Waals surface area contributed by atoms with E-state index in [2.05, 4.69) is 9.97 Å². The van der Waals surface area contributed by atoms with Crippen molar-refractivity contribution in [3.8, 4) is 5.75 Å². The Balaban J connectivity index is 1.61. The Morgan fingerprint density at radius 2 is 1.78 bits per heavy atom. The summed E-state index contributed by atoms with van der Waals surface area (Å²) in [4.78, 5) is 25.7. The van der Waals surface area contributed by atoms with Crippen molar-refractivity contribution in [2.45, 2.75) is 0 Å². The summed E-state index contributed by atoms with van der Waals surface area (Å²) in [6, 6.07) is 12.5. The van der Waals surface area contributed by atoms with Gasteiger partial charge in [-0.3, -0.25) is 9.69 Å². The fourth-order valence-electron chi connectivity index (χ4n) is 2.93. The van der Waals surface area contributed by atoms with Gasteiger partial charge >= 0.3 is 0 Å². The molecule has 1 amide bonds. The predicted molar refractivity (Wildman–Crippen MR) is 107 cm³/mol. The van der Waals surface area contributed by atoms with Crippen molar-refractivity contribution in [3.05, 3.63) is 52.5 Å². The number of benzene rings is 2. The summed E-state index contributed by atoms with van der Waals surface area (Å²) in [5, 5.41) is 0.890. The molecule has 0 saturated heterocycles. The maximum Gasteiger partial charge on any atom is 0.266 e. The van der Waals surface area contributed by atoms with E-state index in [9.17, 15) is 4.79 Å². The van der Waals surface area contributed by atoms with Gasteiger partial charge < -0.3 is 9.64 Å². The number of halogens is 2. The third-order valence-electron chi connectivity index (χ3n) is 4.36. The molecule has 0 bridgehead atoms. The molecule has 3 aromatic rings. The van der Waals surface area contributed by atoms with E-state index in [-0.39, 0.29) is 12.5 Å². The number of anilines is 2. The molecule has 8 heteroatoms. The van der Waals surface area contributed by atoms with Crippen molar-refractivity contribution in [2.75, 3.05) is 36.5 Å². The summed E-state index contributed by atoms with van der Waals surface area (Å²) in [6.45, 7) is 0.989. The van der Waals surface area contributed by atoms with Crippen molar-refractivity contribution in [3.63, 3.8) is 0 Å². The zero-order valence-electron chi connectivity index (χ0n) is 14.5. The van der Waals surface area contributed by atoms with Gasteiger partial charge in [-0.05, 0) is 24.3 Å². The second-order valence-corrected chi connectivity index (χ2v) is 7.03. The number of fused-ring (bicyclic) bond motifs is 2. The lowest BCUT2D eigenvalue weighted by Gasteiger charge is -2.33. The summed E-state index contributed by atoms with van der Waals surface area (Å²) in [5.74, 6) is 1.36. The molecular formula is C19H16Cl2N4O2. The molecular weight excluding hydrogens is 387 g/mol. The van der Waals surface area contributed by atoms with Crippen LogP contribution in [0.3, 0.4) is 0 Å².